The van der Waals surface area contributed by atoms with Crippen LogP contribution in [-0.2, 0) is 19.6 Å². The highest BCUT2D eigenvalue weighted by Crippen LogP contribution is 2.28. The second kappa shape index (κ2) is 8.18. The molecular formula is C14H18N4O8S. The summed E-state index contributed by atoms with van der Waals surface area (Å²) in [5.41, 5.74) is -2.41. The predicted molar refractivity (Wildman–Crippen MR) is 93.1 cm³/mol. The minimum absolute atomic E-state index is 0.218. The van der Waals surface area contributed by atoms with Crippen LogP contribution in [0, 0.1) is 25.6 Å². The third-order valence-electron chi connectivity index (χ3n) is 2.95. The fourth-order valence-electron chi connectivity index (χ4n) is 1.98. The summed E-state index contributed by atoms with van der Waals surface area (Å²) in [6, 6.07) is 0.592. The second-order valence-corrected chi connectivity index (χ2v) is 8.05. The number of rotatable bonds is 8. The van der Waals surface area contributed by atoms with Crippen molar-refractivity contribution in [2.24, 2.45) is 0 Å². The predicted octanol–water partition coefficient (Wildman–Crippen LogP) is 1.53. The Morgan fingerprint density at radius 3 is 2.33 bits per heavy atom. The molecule has 0 aromatic heterocycles. The first-order valence-corrected chi connectivity index (χ1v) is 8.92. The van der Waals surface area contributed by atoms with Gasteiger partial charge in [0.15, 0.2) is 10.8 Å². The van der Waals surface area contributed by atoms with Gasteiger partial charge in [0.2, 0.25) is 10.0 Å². The molecule has 1 rings (SSSR count). The van der Waals surface area contributed by atoms with Gasteiger partial charge in [-0.25, -0.2) is 13.1 Å². The van der Waals surface area contributed by atoms with Crippen molar-refractivity contribution >= 4 is 33.6 Å². The van der Waals surface area contributed by atoms with Crippen molar-refractivity contribution in [1.29, 1.82) is 5.41 Å². The van der Waals surface area contributed by atoms with Crippen molar-refractivity contribution in [3.8, 4) is 0 Å². The number of aldehydes is 1. The average Bonchev–Trinajstić information content (AvgIpc) is 2.51. The van der Waals surface area contributed by atoms with Gasteiger partial charge in [0, 0.05) is 12.5 Å². The lowest BCUT2D eigenvalue weighted by molar-refractivity contribution is -0.396. The van der Waals surface area contributed by atoms with Crippen LogP contribution in [-0.4, -0.2) is 42.1 Å². The number of carbonyl (C=O) groups is 1. The molecule has 0 bridgehead atoms. The Labute approximate surface area is 154 Å². The number of nitro benzene ring substituents is 2. The Morgan fingerprint density at radius 1 is 1.30 bits per heavy atom. The fraction of sp³-hybridized carbons (Fsp3) is 0.429. The first-order chi connectivity index (χ1) is 12.3. The van der Waals surface area contributed by atoms with Crippen LogP contribution in [0.3, 0.4) is 0 Å². The van der Waals surface area contributed by atoms with E-state index in [2.05, 4.69) is 0 Å². The van der Waals surface area contributed by atoms with E-state index >= 15 is 0 Å². The zero-order valence-electron chi connectivity index (χ0n) is 14.7. The molecule has 1 atom stereocenters. The number of hydrogen-bond acceptors (Lipinski definition) is 9. The van der Waals surface area contributed by atoms with Crippen LogP contribution >= 0.6 is 0 Å². The lowest BCUT2D eigenvalue weighted by atomic mass is 10.2. The lowest BCUT2D eigenvalue weighted by Crippen LogP contribution is -2.39. The Hall–Kier alpha value is -2.93. The van der Waals surface area contributed by atoms with Crippen LogP contribution in [0.5, 0.6) is 0 Å². The number of carbonyl (C=O) groups excluding carboxylic acids is 1. The van der Waals surface area contributed by atoms with Gasteiger partial charge in [0.1, 0.15) is 11.9 Å². The number of nitrogens with zero attached hydrogens (tertiary/aromatic N) is 2. The van der Waals surface area contributed by atoms with Crippen molar-refractivity contribution in [2.45, 2.75) is 43.7 Å². The molecule has 1 aromatic carbocycles. The SMILES string of the molecule is CC(C)(C)OC(=N)C[C@@H](C=O)NS(=O)(=O)c1ccc([N+](=O)[O-])cc1[N+](=O)[O-]. The summed E-state index contributed by atoms with van der Waals surface area (Å²) < 4.78 is 32.0. The Balaban J connectivity index is 3.15. The van der Waals surface area contributed by atoms with Crippen molar-refractivity contribution in [2.75, 3.05) is 0 Å². The van der Waals surface area contributed by atoms with E-state index in [4.69, 9.17) is 10.1 Å². The minimum Gasteiger partial charge on any atom is -0.475 e. The fourth-order valence-corrected chi connectivity index (χ4v) is 3.30. The van der Waals surface area contributed by atoms with Crippen molar-refractivity contribution < 1.29 is 27.8 Å². The summed E-state index contributed by atoms with van der Waals surface area (Å²) in [6.45, 7) is 4.96. The topological polar surface area (TPSA) is 183 Å². The number of ether oxygens (including phenoxy) is 1. The number of nitro groups is 2. The largest absolute Gasteiger partial charge is 0.475 e. The van der Waals surface area contributed by atoms with E-state index in [1.165, 1.54) is 0 Å². The van der Waals surface area contributed by atoms with E-state index in [9.17, 15) is 33.4 Å². The second-order valence-electron chi connectivity index (χ2n) is 6.37. The van der Waals surface area contributed by atoms with Gasteiger partial charge in [-0.1, -0.05) is 0 Å². The summed E-state index contributed by atoms with van der Waals surface area (Å²) in [7, 11) is -4.58. The summed E-state index contributed by atoms with van der Waals surface area (Å²) in [5.74, 6) is -0.361. The smallest absolute Gasteiger partial charge is 0.296 e. The molecule has 1 aromatic rings. The maximum Gasteiger partial charge on any atom is 0.296 e. The molecule has 0 heterocycles. The molecule has 27 heavy (non-hydrogen) atoms. The number of benzene rings is 1. The van der Waals surface area contributed by atoms with Crippen LogP contribution < -0.4 is 4.72 Å². The Morgan fingerprint density at radius 2 is 1.89 bits per heavy atom. The molecule has 2 N–H and O–H groups in total. The van der Waals surface area contributed by atoms with E-state index in [0.717, 1.165) is 6.07 Å². The first-order valence-electron chi connectivity index (χ1n) is 7.43. The standard InChI is InChI=1S/C14H18N4O8S/c1-14(2,3)26-13(15)6-9(8-19)16-27(24,25)12-5-4-10(17(20)21)7-11(12)18(22)23/h4-5,7-9,15-16H,6H2,1-3H3/t9-/m0/s1. The van der Waals surface area contributed by atoms with Crippen molar-refractivity contribution in [3.05, 3.63) is 38.4 Å². The maximum absolute atomic E-state index is 12.4. The summed E-state index contributed by atoms with van der Waals surface area (Å²) >= 11 is 0. The molecule has 0 fully saturated rings. The first kappa shape index (κ1) is 22.1. The normalized spacial score (nSPS) is 12.9. The Bertz CT molecular complexity index is 876. The van der Waals surface area contributed by atoms with E-state index < -0.39 is 54.2 Å². The zero-order chi connectivity index (χ0) is 21.0. The molecule has 0 aliphatic heterocycles. The van der Waals surface area contributed by atoms with Crippen molar-refractivity contribution in [3.63, 3.8) is 0 Å². The third-order valence-corrected chi connectivity index (χ3v) is 4.48. The molecule has 13 heteroatoms. The van der Waals surface area contributed by atoms with E-state index in [0.29, 0.717) is 12.1 Å². The van der Waals surface area contributed by atoms with Crippen LogP contribution in [0.4, 0.5) is 11.4 Å². The quantitative estimate of drug-likeness (QED) is 0.215. The average molecular weight is 402 g/mol. The molecule has 12 nitrogen and oxygen atoms in total. The molecule has 0 aliphatic carbocycles. The van der Waals surface area contributed by atoms with Crippen LogP contribution in [0.1, 0.15) is 27.2 Å². The highest BCUT2D eigenvalue weighted by molar-refractivity contribution is 7.89. The summed E-state index contributed by atoms with van der Waals surface area (Å²) in [6.07, 6.45) is -0.198. The Kier molecular flexibility index (Phi) is 6.70. The van der Waals surface area contributed by atoms with Gasteiger partial charge in [-0.2, -0.15) is 0 Å². The van der Waals surface area contributed by atoms with Crippen LogP contribution in [0.25, 0.3) is 0 Å². The summed E-state index contributed by atoms with van der Waals surface area (Å²) in [5, 5.41) is 29.5. The maximum atomic E-state index is 12.4. The molecule has 0 amide bonds. The van der Waals surface area contributed by atoms with Crippen molar-refractivity contribution in [1.82, 2.24) is 4.72 Å². The van der Waals surface area contributed by atoms with Gasteiger partial charge in [0.25, 0.3) is 11.4 Å². The number of nitrogens with one attached hydrogen (secondary N) is 2. The van der Waals surface area contributed by atoms with E-state index in [1.54, 1.807) is 20.8 Å². The molecule has 0 saturated carbocycles. The highest BCUT2D eigenvalue weighted by Gasteiger charge is 2.31. The van der Waals surface area contributed by atoms with Gasteiger partial charge in [-0.3, -0.25) is 25.6 Å². The minimum atomic E-state index is -4.58. The van der Waals surface area contributed by atoms with Crippen LogP contribution in [0.2, 0.25) is 0 Å². The molecular weight excluding hydrogens is 384 g/mol. The zero-order valence-corrected chi connectivity index (χ0v) is 15.5. The number of sulfonamides is 1. The lowest BCUT2D eigenvalue weighted by Gasteiger charge is -2.22. The van der Waals surface area contributed by atoms with Crippen LogP contribution in [0.15, 0.2) is 23.1 Å². The molecule has 148 valence electrons. The number of hydrogen-bond donors (Lipinski definition) is 2. The molecule has 0 aliphatic rings. The van der Waals surface area contributed by atoms with Gasteiger partial charge < -0.3 is 9.53 Å². The highest BCUT2D eigenvalue weighted by atomic mass is 32.2. The number of non-ortho nitro benzene ring substituents is 1. The third kappa shape index (κ3) is 6.38. The monoisotopic (exact) mass is 402 g/mol. The molecule has 0 unspecified atom stereocenters. The summed E-state index contributed by atoms with van der Waals surface area (Å²) in [4.78, 5) is 30.2. The molecule has 0 saturated heterocycles. The molecule has 0 radical (unpaired) electrons. The molecule has 0 spiro atoms. The van der Waals surface area contributed by atoms with Gasteiger partial charge in [0.05, 0.1) is 22.0 Å². The van der Waals surface area contributed by atoms with E-state index in [1.807, 2.05) is 4.72 Å². The van der Waals surface area contributed by atoms with E-state index in [-0.39, 0.29) is 12.2 Å². The van der Waals surface area contributed by atoms with Gasteiger partial charge >= 0.3 is 0 Å². The van der Waals surface area contributed by atoms with Gasteiger partial charge in [-0.15, -0.1) is 0 Å². The van der Waals surface area contributed by atoms with Gasteiger partial charge in [-0.05, 0) is 26.8 Å².